The van der Waals surface area contributed by atoms with Crippen molar-refractivity contribution in [3.63, 3.8) is 0 Å². The molecule has 0 fully saturated rings. The highest BCUT2D eigenvalue weighted by molar-refractivity contribution is 5.90. The minimum Gasteiger partial charge on any atom is -0.396 e. The summed E-state index contributed by atoms with van der Waals surface area (Å²) in [5, 5.41) is -1.27. The number of benzene rings is 2. The van der Waals surface area contributed by atoms with Crippen molar-refractivity contribution in [3.8, 4) is 0 Å². The van der Waals surface area contributed by atoms with Crippen LogP contribution in [0.1, 0.15) is 0 Å². The van der Waals surface area contributed by atoms with Crippen LogP contribution in [-0.4, -0.2) is 0 Å². The molecule has 0 spiro atoms. The molecule has 16 heavy (non-hydrogen) atoms. The average molecular weight is 230 g/mol. The number of nitrogen functional groups attached to an aromatic ring is 2. The van der Waals surface area contributed by atoms with E-state index in [1.54, 1.807) is 0 Å². The number of fused-ring (bicyclic) bond motifs is 1. The van der Waals surface area contributed by atoms with Crippen LogP contribution in [0.4, 0.5) is 28.9 Å². The third-order valence-corrected chi connectivity index (χ3v) is 2.29. The fraction of sp³-hybridized carbons (Fsp3) is 0. The van der Waals surface area contributed by atoms with E-state index in [4.69, 9.17) is 11.5 Å². The molecule has 0 aliphatic rings. The van der Waals surface area contributed by atoms with Gasteiger partial charge in [0, 0.05) is 5.39 Å². The molecule has 0 atom stereocenters. The van der Waals surface area contributed by atoms with Crippen molar-refractivity contribution < 1.29 is 17.6 Å². The van der Waals surface area contributed by atoms with Gasteiger partial charge in [-0.2, -0.15) is 0 Å². The highest BCUT2D eigenvalue weighted by Gasteiger charge is 2.21. The smallest absolute Gasteiger partial charge is 0.185 e. The van der Waals surface area contributed by atoms with Crippen molar-refractivity contribution in [3.05, 3.63) is 35.4 Å². The van der Waals surface area contributed by atoms with Crippen molar-refractivity contribution in [2.75, 3.05) is 11.5 Å². The number of hydrogen-bond donors (Lipinski definition) is 2. The summed E-state index contributed by atoms with van der Waals surface area (Å²) in [4.78, 5) is 0. The van der Waals surface area contributed by atoms with Gasteiger partial charge in [0.2, 0.25) is 0 Å². The summed E-state index contributed by atoms with van der Waals surface area (Å²) in [6, 6.07) is 2.10. The molecule has 6 heteroatoms. The zero-order chi connectivity index (χ0) is 12.0. The lowest BCUT2D eigenvalue weighted by Gasteiger charge is -2.08. The summed E-state index contributed by atoms with van der Waals surface area (Å²) in [5.41, 5.74) is 8.80. The lowest BCUT2D eigenvalue weighted by atomic mass is 10.1. The van der Waals surface area contributed by atoms with Gasteiger partial charge in [-0.3, -0.25) is 0 Å². The Balaban J connectivity index is 3.09. The van der Waals surface area contributed by atoms with E-state index >= 15 is 0 Å². The van der Waals surface area contributed by atoms with Crippen molar-refractivity contribution in [2.45, 2.75) is 0 Å². The number of nitrogens with two attached hydrogens (primary N) is 2. The molecular formula is C10H6F4N2. The SMILES string of the molecule is Nc1ccc2c(F)c(N)c(F)c(F)c2c1F. The Morgan fingerprint density at radius 2 is 1.38 bits per heavy atom. The van der Waals surface area contributed by atoms with Gasteiger partial charge in [-0.05, 0) is 12.1 Å². The predicted octanol–water partition coefficient (Wildman–Crippen LogP) is 2.56. The molecule has 0 bridgehead atoms. The maximum atomic E-state index is 13.4. The van der Waals surface area contributed by atoms with Gasteiger partial charge in [0.25, 0.3) is 0 Å². The molecule has 0 aromatic heterocycles. The second-order valence-corrected chi connectivity index (χ2v) is 3.25. The van der Waals surface area contributed by atoms with E-state index in [-0.39, 0.29) is 0 Å². The van der Waals surface area contributed by atoms with Gasteiger partial charge >= 0.3 is 0 Å². The monoisotopic (exact) mass is 230 g/mol. The van der Waals surface area contributed by atoms with Crippen LogP contribution in [-0.2, 0) is 0 Å². The van der Waals surface area contributed by atoms with Gasteiger partial charge in [-0.1, -0.05) is 0 Å². The molecule has 0 saturated heterocycles. The lowest BCUT2D eigenvalue weighted by Crippen LogP contribution is -2.03. The highest BCUT2D eigenvalue weighted by Crippen LogP contribution is 2.32. The van der Waals surface area contributed by atoms with Crippen LogP contribution in [0.5, 0.6) is 0 Å². The molecule has 2 aromatic rings. The Hall–Kier alpha value is -1.98. The molecule has 2 nitrogen and oxygen atoms in total. The van der Waals surface area contributed by atoms with E-state index in [2.05, 4.69) is 0 Å². The van der Waals surface area contributed by atoms with Crippen LogP contribution in [0.25, 0.3) is 10.8 Å². The van der Waals surface area contributed by atoms with E-state index in [9.17, 15) is 17.6 Å². The summed E-state index contributed by atoms with van der Waals surface area (Å²) in [5.74, 6) is -5.56. The fourth-order valence-corrected chi connectivity index (χ4v) is 1.46. The summed E-state index contributed by atoms with van der Waals surface area (Å²) in [6.07, 6.45) is 0. The van der Waals surface area contributed by atoms with E-state index in [1.807, 2.05) is 0 Å². The van der Waals surface area contributed by atoms with Crippen LogP contribution in [0.2, 0.25) is 0 Å². The quantitative estimate of drug-likeness (QED) is 0.415. The van der Waals surface area contributed by atoms with E-state index < -0.39 is 45.4 Å². The summed E-state index contributed by atoms with van der Waals surface area (Å²) in [7, 11) is 0. The first kappa shape index (κ1) is 10.5. The molecule has 84 valence electrons. The van der Waals surface area contributed by atoms with Crippen LogP contribution < -0.4 is 11.5 Å². The zero-order valence-electron chi connectivity index (χ0n) is 7.82. The van der Waals surface area contributed by atoms with E-state index in [0.717, 1.165) is 12.1 Å². The van der Waals surface area contributed by atoms with Gasteiger partial charge in [-0.25, -0.2) is 17.6 Å². The molecule has 4 N–H and O–H groups in total. The lowest BCUT2D eigenvalue weighted by molar-refractivity contribution is 0.506. The number of hydrogen-bond acceptors (Lipinski definition) is 2. The van der Waals surface area contributed by atoms with Crippen molar-refractivity contribution in [1.82, 2.24) is 0 Å². The molecule has 0 radical (unpaired) electrons. The maximum absolute atomic E-state index is 13.4. The normalized spacial score (nSPS) is 11.0. The molecule has 0 aliphatic heterocycles. The first-order valence-electron chi connectivity index (χ1n) is 4.24. The molecule has 0 unspecified atom stereocenters. The largest absolute Gasteiger partial charge is 0.396 e. The molecule has 2 rings (SSSR count). The maximum Gasteiger partial charge on any atom is 0.185 e. The van der Waals surface area contributed by atoms with Crippen LogP contribution in [0.15, 0.2) is 12.1 Å². The summed E-state index contributed by atoms with van der Waals surface area (Å²) in [6.45, 7) is 0. The number of halogens is 4. The molecule has 0 saturated carbocycles. The Kier molecular flexibility index (Phi) is 2.15. The Bertz CT molecular complexity index is 595. The third-order valence-electron chi connectivity index (χ3n) is 2.29. The van der Waals surface area contributed by atoms with Crippen molar-refractivity contribution in [2.24, 2.45) is 0 Å². The molecule has 0 heterocycles. The predicted molar refractivity (Wildman–Crippen MR) is 52.6 cm³/mol. The standard InChI is InChI=1S/C10H6F4N2/c11-6-3-1-2-4(15)7(12)5(3)8(13)9(14)10(6)16/h1-2H,15-16H2. The third kappa shape index (κ3) is 1.19. The second-order valence-electron chi connectivity index (χ2n) is 3.25. The van der Waals surface area contributed by atoms with Gasteiger partial charge in [-0.15, -0.1) is 0 Å². The Labute approximate surface area is 87.5 Å². The van der Waals surface area contributed by atoms with Crippen LogP contribution in [0.3, 0.4) is 0 Å². The van der Waals surface area contributed by atoms with Crippen LogP contribution in [0, 0.1) is 23.3 Å². The topological polar surface area (TPSA) is 52.0 Å². The van der Waals surface area contributed by atoms with Crippen molar-refractivity contribution in [1.29, 1.82) is 0 Å². The summed E-state index contributed by atoms with van der Waals surface area (Å²) < 4.78 is 53.3. The van der Waals surface area contributed by atoms with Gasteiger partial charge < -0.3 is 11.5 Å². The number of anilines is 2. The van der Waals surface area contributed by atoms with E-state index in [1.165, 1.54) is 0 Å². The minimum absolute atomic E-state index is 0.394. The van der Waals surface area contributed by atoms with Gasteiger partial charge in [0.15, 0.2) is 23.3 Å². The molecule has 0 aliphatic carbocycles. The number of rotatable bonds is 0. The van der Waals surface area contributed by atoms with E-state index in [0.29, 0.717) is 0 Å². The molecular weight excluding hydrogens is 224 g/mol. The second kappa shape index (κ2) is 3.26. The Morgan fingerprint density at radius 1 is 0.750 bits per heavy atom. The van der Waals surface area contributed by atoms with Crippen molar-refractivity contribution >= 4 is 22.1 Å². The summed E-state index contributed by atoms with van der Waals surface area (Å²) >= 11 is 0. The zero-order valence-corrected chi connectivity index (χ0v) is 7.82. The Morgan fingerprint density at radius 3 is 2.00 bits per heavy atom. The van der Waals surface area contributed by atoms with Gasteiger partial charge in [0.05, 0.1) is 11.1 Å². The highest BCUT2D eigenvalue weighted by atomic mass is 19.2. The average Bonchev–Trinajstić information content (AvgIpc) is 2.27. The molecule has 0 amide bonds. The molecule has 2 aromatic carbocycles. The van der Waals surface area contributed by atoms with Gasteiger partial charge in [0.1, 0.15) is 5.69 Å². The first-order chi connectivity index (χ1) is 7.45. The minimum atomic E-state index is -1.62. The fourth-order valence-electron chi connectivity index (χ4n) is 1.46. The first-order valence-corrected chi connectivity index (χ1v) is 4.24. The van der Waals surface area contributed by atoms with Crippen LogP contribution >= 0.6 is 0 Å².